The van der Waals surface area contributed by atoms with Crippen LogP contribution in [0, 0.1) is 5.92 Å². The van der Waals surface area contributed by atoms with Gasteiger partial charge in [-0.25, -0.2) is 0 Å². The normalized spacial score (nSPS) is 27.8. The Balaban J connectivity index is 2.08. The van der Waals surface area contributed by atoms with Crippen LogP contribution in [0.25, 0.3) is 0 Å². The summed E-state index contributed by atoms with van der Waals surface area (Å²) in [6.07, 6.45) is 1.19. The molecule has 5 heteroatoms. The largest absolute Gasteiger partial charge is 0.522 e. The molecule has 16 heavy (non-hydrogen) atoms. The van der Waals surface area contributed by atoms with Gasteiger partial charge in [-0.3, -0.25) is 4.74 Å². The topological polar surface area (TPSA) is 21.3 Å². The van der Waals surface area contributed by atoms with E-state index in [2.05, 4.69) is 17.0 Å². The van der Waals surface area contributed by atoms with Crippen molar-refractivity contribution in [1.29, 1.82) is 0 Å². The molecule has 0 spiro atoms. The van der Waals surface area contributed by atoms with Crippen molar-refractivity contribution in [1.82, 2.24) is 5.32 Å². The standard InChI is InChI=1S/C11H20F3NO/c1-9-3-2-4-10(6-5-9)15-7-8-16-11(12,13)14/h9-10,15H,2-8H2,1H3. The van der Waals surface area contributed by atoms with Crippen LogP contribution in [0.1, 0.15) is 39.0 Å². The van der Waals surface area contributed by atoms with Crippen molar-refractivity contribution in [3.63, 3.8) is 0 Å². The summed E-state index contributed by atoms with van der Waals surface area (Å²) in [6, 6.07) is 0.363. The smallest absolute Gasteiger partial charge is 0.312 e. The van der Waals surface area contributed by atoms with E-state index < -0.39 is 6.36 Å². The summed E-state index contributed by atoms with van der Waals surface area (Å²) in [5.41, 5.74) is 0. The lowest BCUT2D eigenvalue weighted by Crippen LogP contribution is -2.32. The van der Waals surface area contributed by atoms with E-state index in [1.165, 1.54) is 12.8 Å². The summed E-state index contributed by atoms with van der Waals surface area (Å²) in [5.74, 6) is 0.748. The Kier molecular flexibility index (Phi) is 5.55. The molecule has 1 saturated carbocycles. The van der Waals surface area contributed by atoms with Crippen LogP contribution < -0.4 is 5.32 Å². The molecule has 2 nitrogen and oxygen atoms in total. The van der Waals surface area contributed by atoms with E-state index in [1.807, 2.05) is 0 Å². The summed E-state index contributed by atoms with van der Waals surface area (Å²) >= 11 is 0. The Hall–Kier alpha value is -0.290. The average Bonchev–Trinajstić information content (AvgIpc) is 2.37. The Morgan fingerprint density at radius 3 is 2.62 bits per heavy atom. The van der Waals surface area contributed by atoms with Gasteiger partial charge in [0, 0.05) is 12.6 Å². The van der Waals surface area contributed by atoms with Crippen molar-refractivity contribution < 1.29 is 17.9 Å². The van der Waals surface area contributed by atoms with Gasteiger partial charge in [-0.15, -0.1) is 13.2 Å². The number of hydrogen-bond acceptors (Lipinski definition) is 2. The van der Waals surface area contributed by atoms with Crippen LogP contribution in [-0.4, -0.2) is 25.6 Å². The van der Waals surface area contributed by atoms with E-state index in [1.54, 1.807) is 0 Å². The maximum Gasteiger partial charge on any atom is 0.522 e. The van der Waals surface area contributed by atoms with Gasteiger partial charge >= 0.3 is 6.36 Å². The lowest BCUT2D eigenvalue weighted by molar-refractivity contribution is -0.323. The molecule has 2 atom stereocenters. The Morgan fingerprint density at radius 1 is 1.19 bits per heavy atom. The van der Waals surface area contributed by atoms with Crippen LogP contribution in [0.4, 0.5) is 13.2 Å². The van der Waals surface area contributed by atoms with Gasteiger partial charge in [0.15, 0.2) is 0 Å². The first kappa shape index (κ1) is 13.8. The summed E-state index contributed by atoms with van der Waals surface area (Å²) < 4.78 is 38.8. The molecule has 1 rings (SSSR count). The zero-order valence-electron chi connectivity index (χ0n) is 9.65. The minimum atomic E-state index is -4.50. The maximum atomic E-state index is 11.7. The molecule has 2 unspecified atom stereocenters. The summed E-state index contributed by atoms with van der Waals surface area (Å²) in [5, 5.41) is 3.13. The molecule has 0 saturated heterocycles. The van der Waals surface area contributed by atoms with E-state index >= 15 is 0 Å². The lowest BCUT2D eigenvalue weighted by atomic mass is 10.0. The van der Waals surface area contributed by atoms with Crippen molar-refractivity contribution in [2.45, 2.75) is 51.4 Å². The van der Waals surface area contributed by atoms with E-state index in [-0.39, 0.29) is 13.2 Å². The van der Waals surface area contributed by atoms with Crippen LogP contribution in [0.5, 0.6) is 0 Å². The Labute approximate surface area is 94.5 Å². The third-order valence-electron chi connectivity index (χ3n) is 3.06. The number of ether oxygens (including phenoxy) is 1. The van der Waals surface area contributed by atoms with Gasteiger partial charge in [-0.2, -0.15) is 0 Å². The second-order valence-corrected chi connectivity index (χ2v) is 4.56. The Bertz CT molecular complexity index is 196. The highest BCUT2D eigenvalue weighted by molar-refractivity contribution is 4.73. The molecular weight excluding hydrogens is 219 g/mol. The Morgan fingerprint density at radius 2 is 1.94 bits per heavy atom. The molecule has 0 aromatic carbocycles. The van der Waals surface area contributed by atoms with Crippen molar-refractivity contribution in [3.8, 4) is 0 Å². The number of nitrogens with one attached hydrogen (secondary N) is 1. The van der Waals surface area contributed by atoms with E-state index in [4.69, 9.17) is 0 Å². The highest BCUT2D eigenvalue weighted by atomic mass is 19.4. The SMILES string of the molecule is CC1CCCC(NCCOC(F)(F)F)CC1. The third-order valence-corrected chi connectivity index (χ3v) is 3.06. The van der Waals surface area contributed by atoms with Gasteiger partial charge < -0.3 is 5.32 Å². The monoisotopic (exact) mass is 239 g/mol. The van der Waals surface area contributed by atoms with Gasteiger partial charge in [0.2, 0.25) is 0 Å². The number of alkyl halides is 3. The van der Waals surface area contributed by atoms with Gasteiger partial charge in [0.05, 0.1) is 6.61 Å². The molecule has 1 aliphatic rings. The quantitative estimate of drug-likeness (QED) is 0.601. The second kappa shape index (κ2) is 6.45. The summed E-state index contributed by atoms with van der Waals surface area (Å²) in [7, 11) is 0. The molecule has 1 N–H and O–H groups in total. The highest BCUT2D eigenvalue weighted by Gasteiger charge is 2.28. The highest BCUT2D eigenvalue weighted by Crippen LogP contribution is 2.22. The van der Waals surface area contributed by atoms with Gasteiger partial charge in [0.1, 0.15) is 0 Å². The maximum absolute atomic E-state index is 11.7. The lowest BCUT2D eigenvalue weighted by Gasteiger charge is -2.16. The predicted octanol–water partition coefficient (Wildman–Crippen LogP) is 3.08. The fourth-order valence-corrected chi connectivity index (χ4v) is 2.12. The minimum Gasteiger partial charge on any atom is -0.312 e. The molecule has 1 fully saturated rings. The molecule has 0 radical (unpaired) electrons. The molecule has 0 aromatic heterocycles. The predicted molar refractivity (Wildman–Crippen MR) is 56.0 cm³/mol. The van der Waals surface area contributed by atoms with Crippen LogP contribution in [0.3, 0.4) is 0 Å². The number of hydrogen-bond donors (Lipinski definition) is 1. The van der Waals surface area contributed by atoms with Gasteiger partial charge in [-0.1, -0.05) is 19.8 Å². The van der Waals surface area contributed by atoms with Crippen LogP contribution in [0.2, 0.25) is 0 Å². The van der Waals surface area contributed by atoms with E-state index in [0.29, 0.717) is 6.04 Å². The minimum absolute atomic E-state index is 0.276. The van der Waals surface area contributed by atoms with Crippen molar-refractivity contribution in [3.05, 3.63) is 0 Å². The van der Waals surface area contributed by atoms with Gasteiger partial charge in [-0.05, 0) is 25.2 Å². The third kappa shape index (κ3) is 6.33. The summed E-state index contributed by atoms with van der Waals surface area (Å²) in [6.45, 7) is 2.21. The van der Waals surface area contributed by atoms with Gasteiger partial charge in [0.25, 0.3) is 0 Å². The first-order valence-electron chi connectivity index (χ1n) is 5.91. The van der Waals surface area contributed by atoms with Crippen LogP contribution >= 0.6 is 0 Å². The molecule has 0 aromatic rings. The average molecular weight is 239 g/mol. The van der Waals surface area contributed by atoms with Crippen LogP contribution in [-0.2, 0) is 4.74 Å². The summed E-state index contributed by atoms with van der Waals surface area (Å²) in [4.78, 5) is 0. The zero-order valence-corrected chi connectivity index (χ0v) is 9.65. The molecule has 1 aliphatic carbocycles. The first-order valence-corrected chi connectivity index (χ1v) is 5.91. The molecule has 0 heterocycles. The van der Waals surface area contributed by atoms with Crippen LogP contribution in [0.15, 0.2) is 0 Å². The molecular formula is C11H20F3NO. The van der Waals surface area contributed by atoms with E-state index in [9.17, 15) is 13.2 Å². The van der Waals surface area contributed by atoms with Crippen molar-refractivity contribution in [2.75, 3.05) is 13.2 Å². The molecule has 0 amide bonds. The molecule has 0 bridgehead atoms. The fourth-order valence-electron chi connectivity index (χ4n) is 2.12. The number of rotatable bonds is 4. The first-order chi connectivity index (χ1) is 7.47. The molecule has 0 aliphatic heterocycles. The van der Waals surface area contributed by atoms with Crippen molar-refractivity contribution in [2.24, 2.45) is 5.92 Å². The van der Waals surface area contributed by atoms with E-state index in [0.717, 1.165) is 25.2 Å². The second-order valence-electron chi connectivity index (χ2n) is 4.56. The number of halogens is 3. The molecule has 96 valence electrons. The fraction of sp³-hybridized carbons (Fsp3) is 1.00. The zero-order chi connectivity index (χ0) is 12.0. The van der Waals surface area contributed by atoms with Crippen molar-refractivity contribution >= 4 is 0 Å².